The van der Waals surface area contributed by atoms with Crippen LogP contribution in [-0.4, -0.2) is 18.4 Å². The first-order chi connectivity index (χ1) is 14.2. The Kier molecular flexibility index (Phi) is 5.16. The number of nitrogens with one attached hydrogen (secondary N) is 2. The van der Waals surface area contributed by atoms with Gasteiger partial charge in [-0.05, 0) is 43.3 Å². The van der Waals surface area contributed by atoms with Crippen molar-refractivity contribution in [3.05, 3.63) is 89.5 Å². The van der Waals surface area contributed by atoms with Gasteiger partial charge in [0.1, 0.15) is 17.2 Å². The van der Waals surface area contributed by atoms with Crippen molar-refractivity contribution in [3.63, 3.8) is 0 Å². The fourth-order valence-corrected chi connectivity index (χ4v) is 3.32. The highest BCUT2D eigenvalue weighted by atomic mass is 16.5. The van der Waals surface area contributed by atoms with E-state index < -0.39 is 11.8 Å². The number of rotatable bonds is 4. The van der Waals surface area contributed by atoms with Crippen LogP contribution in [0.1, 0.15) is 34.3 Å². The summed E-state index contributed by atoms with van der Waals surface area (Å²) >= 11 is 0. The van der Waals surface area contributed by atoms with Gasteiger partial charge in [-0.25, -0.2) is 0 Å². The number of para-hydroxylation sites is 2. The van der Waals surface area contributed by atoms with Crippen LogP contribution < -0.4 is 20.3 Å². The van der Waals surface area contributed by atoms with Crippen LogP contribution in [0.5, 0.6) is 17.2 Å². The molecule has 0 radical (unpaired) electrons. The van der Waals surface area contributed by atoms with Gasteiger partial charge < -0.3 is 9.47 Å². The molecule has 4 rings (SSSR count). The molecule has 146 valence electrons. The van der Waals surface area contributed by atoms with E-state index in [2.05, 4.69) is 10.9 Å². The number of hydrogen-bond acceptors (Lipinski definition) is 4. The molecule has 3 aromatic rings. The number of hydrogen-bond donors (Lipinski definition) is 2. The number of carbonyl (C=O) groups excluding carboxylic acids is 2. The van der Waals surface area contributed by atoms with Crippen molar-refractivity contribution in [2.45, 2.75) is 12.8 Å². The predicted molar refractivity (Wildman–Crippen MR) is 108 cm³/mol. The molecule has 2 amide bonds. The lowest BCUT2D eigenvalue weighted by Gasteiger charge is -2.27. The molecule has 0 aromatic heterocycles. The van der Waals surface area contributed by atoms with Crippen LogP contribution in [0.2, 0.25) is 0 Å². The fraction of sp³-hybridized carbons (Fsp3) is 0.130. The molecular weight excluding hydrogens is 368 g/mol. The van der Waals surface area contributed by atoms with E-state index in [-0.39, 0.29) is 5.91 Å². The summed E-state index contributed by atoms with van der Waals surface area (Å²) in [5, 5.41) is 0. The van der Waals surface area contributed by atoms with E-state index in [4.69, 9.17) is 9.47 Å². The summed E-state index contributed by atoms with van der Waals surface area (Å²) in [6.45, 7) is 2.44. The predicted octanol–water partition coefficient (Wildman–Crippen LogP) is 3.78. The van der Waals surface area contributed by atoms with E-state index in [0.717, 1.165) is 11.1 Å². The Morgan fingerprint density at radius 3 is 2.03 bits per heavy atom. The summed E-state index contributed by atoms with van der Waals surface area (Å²) < 4.78 is 11.3. The van der Waals surface area contributed by atoms with Gasteiger partial charge >= 0.3 is 0 Å². The largest absolute Gasteiger partial charge is 0.494 e. The second kappa shape index (κ2) is 8.06. The zero-order chi connectivity index (χ0) is 20.2. The van der Waals surface area contributed by atoms with Crippen molar-refractivity contribution in [1.29, 1.82) is 0 Å². The topological polar surface area (TPSA) is 76.7 Å². The van der Waals surface area contributed by atoms with E-state index in [1.165, 1.54) is 0 Å². The lowest BCUT2D eigenvalue weighted by Crippen LogP contribution is -2.44. The van der Waals surface area contributed by atoms with E-state index in [1.807, 2.05) is 55.5 Å². The number of amides is 2. The Hall–Kier alpha value is -3.80. The van der Waals surface area contributed by atoms with Gasteiger partial charge in [-0.1, -0.05) is 36.4 Å². The van der Waals surface area contributed by atoms with Crippen molar-refractivity contribution in [3.8, 4) is 17.2 Å². The van der Waals surface area contributed by atoms with Crippen molar-refractivity contribution < 1.29 is 19.1 Å². The Bertz CT molecular complexity index is 1000. The zero-order valence-electron chi connectivity index (χ0n) is 15.8. The maximum Gasteiger partial charge on any atom is 0.269 e. The highest BCUT2D eigenvalue weighted by molar-refractivity contribution is 5.97. The van der Waals surface area contributed by atoms with Crippen LogP contribution in [0.4, 0.5) is 0 Å². The van der Waals surface area contributed by atoms with Crippen molar-refractivity contribution in [2.24, 2.45) is 0 Å². The lowest BCUT2D eigenvalue weighted by molar-refractivity contribution is -0.122. The molecule has 1 aliphatic heterocycles. The van der Waals surface area contributed by atoms with E-state index in [9.17, 15) is 9.59 Å². The van der Waals surface area contributed by atoms with Gasteiger partial charge in [0.25, 0.3) is 11.8 Å². The Balaban J connectivity index is 1.51. The average Bonchev–Trinajstić information content (AvgIpc) is 2.76. The molecule has 1 heterocycles. The van der Waals surface area contributed by atoms with Crippen molar-refractivity contribution >= 4 is 11.8 Å². The molecule has 0 unspecified atom stereocenters. The maximum absolute atomic E-state index is 13.0. The molecule has 0 fully saturated rings. The monoisotopic (exact) mass is 388 g/mol. The van der Waals surface area contributed by atoms with Crippen LogP contribution in [0.25, 0.3) is 0 Å². The average molecular weight is 388 g/mol. The number of ether oxygens (including phenoxy) is 2. The number of benzene rings is 3. The minimum Gasteiger partial charge on any atom is -0.494 e. The molecule has 1 aliphatic rings. The molecule has 0 saturated heterocycles. The molecule has 0 aliphatic carbocycles. The molecule has 0 bridgehead atoms. The first-order valence-electron chi connectivity index (χ1n) is 9.36. The number of hydrazine groups is 1. The molecule has 3 aromatic carbocycles. The van der Waals surface area contributed by atoms with Gasteiger partial charge in [0.05, 0.1) is 12.5 Å². The second-order valence-electron chi connectivity index (χ2n) is 6.51. The van der Waals surface area contributed by atoms with Gasteiger partial charge in [0.2, 0.25) is 0 Å². The maximum atomic E-state index is 13.0. The van der Waals surface area contributed by atoms with E-state index in [0.29, 0.717) is 29.4 Å². The Morgan fingerprint density at radius 2 is 1.45 bits per heavy atom. The summed E-state index contributed by atoms with van der Waals surface area (Å²) in [6.07, 6.45) is 0. The molecule has 0 atom stereocenters. The molecule has 0 saturated carbocycles. The molecular formula is C23H20N2O4. The minimum atomic E-state index is -0.586. The summed E-state index contributed by atoms with van der Waals surface area (Å²) in [4.78, 5) is 25.4. The van der Waals surface area contributed by atoms with Crippen LogP contribution in [-0.2, 0) is 4.79 Å². The molecule has 2 N–H and O–H groups in total. The lowest BCUT2D eigenvalue weighted by atomic mass is 9.87. The van der Waals surface area contributed by atoms with Crippen LogP contribution in [0.3, 0.4) is 0 Å². The van der Waals surface area contributed by atoms with E-state index >= 15 is 0 Å². The van der Waals surface area contributed by atoms with Crippen LogP contribution in [0, 0.1) is 0 Å². The fourth-order valence-electron chi connectivity index (χ4n) is 3.32. The van der Waals surface area contributed by atoms with Crippen LogP contribution >= 0.6 is 0 Å². The number of fused-ring (bicyclic) bond motifs is 2. The summed E-state index contributed by atoms with van der Waals surface area (Å²) in [5.74, 6) is 0.608. The summed E-state index contributed by atoms with van der Waals surface area (Å²) in [5.41, 5.74) is 6.95. The molecule has 29 heavy (non-hydrogen) atoms. The second-order valence-corrected chi connectivity index (χ2v) is 6.51. The third kappa shape index (κ3) is 3.78. The third-order valence-corrected chi connectivity index (χ3v) is 4.67. The van der Waals surface area contributed by atoms with Gasteiger partial charge in [0, 0.05) is 16.7 Å². The number of carbonyl (C=O) groups is 2. The Labute approximate surface area is 168 Å². The molecule has 6 heteroatoms. The van der Waals surface area contributed by atoms with Gasteiger partial charge in [-0.3, -0.25) is 20.4 Å². The molecule has 6 nitrogen and oxygen atoms in total. The minimum absolute atomic E-state index is 0.340. The highest BCUT2D eigenvalue weighted by Gasteiger charge is 2.32. The highest BCUT2D eigenvalue weighted by Crippen LogP contribution is 2.43. The smallest absolute Gasteiger partial charge is 0.269 e. The van der Waals surface area contributed by atoms with Gasteiger partial charge in [-0.2, -0.15) is 0 Å². The van der Waals surface area contributed by atoms with Crippen molar-refractivity contribution in [1.82, 2.24) is 10.9 Å². The zero-order valence-corrected chi connectivity index (χ0v) is 15.8. The standard InChI is InChI=1S/C23H20N2O4/c1-2-28-16-13-11-15(12-14-16)22(26)24-25-23(27)21-17-7-3-5-9-19(17)29-20-10-6-4-8-18(20)21/h3-14,21H,2H2,1H3,(H,24,26)(H,25,27). The molecule has 0 spiro atoms. The quantitative estimate of drug-likeness (QED) is 0.667. The SMILES string of the molecule is CCOc1ccc(C(=O)NNC(=O)C2c3ccccc3Oc3ccccc32)cc1. The summed E-state index contributed by atoms with van der Waals surface area (Å²) in [6, 6.07) is 21.5. The van der Waals surface area contributed by atoms with E-state index in [1.54, 1.807) is 24.3 Å². The first kappa shape index (κ1) is 18.6. The normalized spacial score (nSPS) is 12.2. The third-order valence-electron chi connectivity index (χ3n) is 4.67. The summed E-state index contributed by atoms with van der Waals surface area (Å²) in [7, 11) is 0. The van der Waals surface area contributed by atoms with Gasteiger partial charge in [0.15, 0.2) is 0 Å². The van der Waals surface area contributed by atoms with Crippen LogP contribution in [0.15, 0.2) is 72.8 Å². The first-order valence-corrected chi connectivity index (χ1v) is 9.36. The van der Waals surface area contributed by atoms with Crippen molar-refractivity contribution in [2.75, 3.05) is 6.61 Å². The van der Waals surface area contributed by atoms with Gasteiger partial charge in [-0.15, -0.1) is 0 Å². The Morgan fingerprint density at radius 1 is 0.862 bits per heavy atom.